The lowest BCUT2D eigenvalue weighted by molar-refractivity contribution is -0.146. The van der Waals surface area contributed by atoms with E-state index in [1.165, 1.54) is 18.2 Å². The third-order valence-electron chi connectivity index (χ3n) is 5.58. The Morgan fingerprint density at radius 1 is 1.14 bits per heavy atom. The number of amides is 1. The van der Waals surface area contributed by atoms with E-state index < -0.39 is 0 Å². The van der Waals surface area contributed by atoms with Gasteiger partial charge in [0, 0.05) is 46.2 Å². The summed E-state index contributed by atoms with van der Waals surface area (Å²) in [4.78, 5) is 32.6. The first-order valence-electron chi connectivity index (χ1n) is 10.0. The lowest BCUT2D eigenvalue weighted by atomic mass is 9.97. The molecule has 0 unspecified atom stereocenters. The van der Waals surface area contributed by atoms with E-state index in [9.17, 15) is 9.59 Å². The number of aliphatic imine (C=N–C) groups is 1. The Morgan fingerprint density at radius 3 is 2.36 bits per heavy atom. The summed E-state index contributed by atoms with van der Waals surface area (Å²) in [7, 11) is 3.21. The molecule has 1 aromatic carbocycles. The van der Waals surface area contributed by atoms with Crippen LogP contribution in [-0.4, -0.2) is 61.4 Å². The molecule has 0 bridgehead atoms. The number of methoxy groups -OCH3 is 1. The number of ether oxygens (including phenoxy) is 1. The molecule has 0 spiro atoms. The van der Waals surface area contributed by atoms with Gasteiger partial charge in [-0.2, -0.15) is 0 Å². The monoisotopic (exact) mass is 386 g/mol. The van der Waals surface area contributed by atoms with Gasteiger partial charge in [-0.15, -0.1) is 0 Å². The topological polar surface area (TPSA) is 74.2 Å². The van der Waals surface area contributed by atoms with Crippen LogP contribution in [0.25, 0.3) is 0 Å². The van der Waals surface area contributed by atoms with Crippen LogP contribution in [0.2, 0.25) is 0 Å². The van der Waals surface area contributed by atoms with Gasteiger partial charge in [0.25, 0.3) is 0 Å². The largest absolute Gasteiger partial charge is 0.469 e. The number of nitrogens with one attached hydrogen (secondary N) is 1. The van der Waals surface area contributed by atoms with E-state index in [4.69, 9.17) is 4.74 Å². The first-order valence-corrected chi connectivity index (χ1v) is 10.0. The van der Waals surface area contributed by atoms with Crippen molar-refractivity contribution in [2.24, 2.45) is 10.9 Å². The van der Waals surface area contributed by atoms with Gasteiger partial charge >= 0.3 is 5.97 Å². The highest BCUT2D eigenvalue weighted by Crippen LogP contribution is 2.23. The highest BCUT2D eigenvalue weighted by molar-refractivity contribution is 5.81. The summed E-state index contributed by atoms with van der Waals surface area (Å²) in [5, 5.41) is 3.35. The van der Waals surface area contributed by atoms with Gasteiger partial charge in [-0.05, 0) is 30.4 Å². The molecule has 0 aromatic heterocycles. The molecule has 0 saturated carbocycles. The van der Waals surface area contributed by atoms with Crippen LogP contribution >= 0.6 is 0 Å². The van der Waals surface area contributed by atoms with Gasteiger partial charge in [0.1, 0.15) is 0 Å². The van der Waals surface area contributed by atoms with Gasteiger partial charge < -0.3 is 19.9 Å². The Kier molecular flexibility index (Phi) is 6.90. The Morgan fingerprint density at radius 2 is 1.79 bits per heavy atom. The number of hydrogen-bond acceptors (Lipinski definition) is 4. The molecule has 2 aliphatic rings. The molecule has 0 radical (unpaired) electrons. The Bertz CT molecular complexity index is 701. The first-order chi connectivity index (χ1) is 13.6. The van der Waals surface area contributed by atoms with E-state index in [-0.39, 0.29) is 17.8 Å². The van der Waals surface area contributed by atoms with Gasteiger partial charge in [0.2, 0.25) is 5.91 Å². The minimum atomic E-state index is -0.120. The second-order valence-corrected chi connectivity index (χ2v) is 7.38. The standard InChI is InChI=1S/C21H30N4O3/c1-22-21(24-12-9-16(10-13-24)20(27)28-2)23-11-5-8-19(26)25-14-17-6-3-4-7-18(17)15-25/h3-4,6-7,16H,5,8-15H2,1-2H3,(H,22,23). The molecule has 2 aliphatic heterocycles. The Balaban J connectivity index is 1.36. The molecule has 1 fully saturated rings. The lowest BCUT2D eigenvalue weighted by Gasteiger charge is -2.33. The predicted octanol–water partition coefficient (Wildman–Crippen LogP) is 1.77. The molecule has 1 aromatic rings. The van der Waals surface area contributed by atoms with E-state index in [1.807, 2.05) is 17.0 Å². The summed E-state index contributed by atoms with van der Waals surface area (Å²) in [5.74, 6) is 0.906. The predicted molar refractivity (Wildman–Crippen MR) is 108 cm³/mol. The van der Waals surface area contributed by atoms with E-state index >= 15 is 0 Å². The van der Waals surface area contributed by atoms with Gasteiger partial charge in [0.05, 0.1) is 13.0 Å². The number of esters is 1. The van der Waals surface area contributed by atoms with E-state index in [0.717, 1.165) is 51.4 Å². The smallest absolute Gasteiger partial charge is 0.308 e. The highest BCUT2D eigenvalue weighted by Gasteiger charge is 2.27. The van der Waals surface area contributed by atoms with Crippen molar-refractivity contribution in [3.05, 3.63) is 35.4 Å². The number of hydrogen-bond donors (Lipinski definition) is 1. The Hall–Kier alpha value is -2.57. The van der Waals surface area contributed by atoms with Gasteiger partial charge in [-0.3, -0.25) is 14.6 Å². The number of likely N-dealkylation sites (tertiary alicyclic amines) is 1. The van der Waals surface area contributed by atoms with Gasteiger partial charge in [0.15, 0.2) is 5.96 Å². The average molecular weight is 386 g/mol. The van der Waals surface area contributed by atoms with Crippen LogP contribution in [0.3, 0.4) is 0 Å². The maximum Gasteiger partial charge on any atom is 0.308 e. The lowest BCUT2D eigenvalue weighted by Crippen LogP contribution is -2.47. The second-order valence-electron chi connectivity index (χ2n) is 7.38. The van der Waals surface area contributed by atoms with Crippen molar-refractivity contribution in [2.75, 3.05) is 33.8 Å². The molecular weight excluding hydrogens is 356 g/mol. The number of carbonyl (C=O) groups is 2. The molecule has 7 heteroatoms. The SMILES string of the molecule is CN=C(NCCCC(=O)N1Cc2ccccc2C1)N1CCC(C(=O)OC)CC1. The van der Waals surface area contributed by atoms with Crippen molar-refractivity contribution in [2.45, 2.75) is 38.8 Å². The number of rotatable bonds is 5. The summed E-state index contributed by atoms with van der Waals surface area (Å²) in [6.07, 6.45) is 2.86. The molecule has 28 heavy (non-hydrogen) atoms. The van der Waals surface area contributed by atoms with Crippen LogP contribution in [0.4, 0.5) is 0 Å². The number of nitrogens with zero attached hydrogens (tertiary/aromatic N) is 3. The maximum absolute atomic E-state index is 12.5. The molecule has 0 atom stereocenters. The summed E-state index contributed by atoms with van der Waals surface area (Å²) in [5.41, 5.74) is 2.51. The first kappa shape index (κ1) is 20.2. The summed E-state index contributed by atoms with van der Waals surface area (Å²) in [6.45, 7) is 3.71. The van der Waals surface area contributed by atoms with Crippen LogP contribution in [0.5, 0.6) is 0 Å². The molecular formula is C21H30N4O3. The molecule has 152 valence electrons. The Labute approximate surface area is 166 Å². The molecule has 2 heterocycles. The maximum atomic E-state index is 12.5. The zero-order chi connectivity index (χ0) is 19.9. The molecule has 0 aliphatic carbocycles. The van der Waals surface area contributed by atoms with Crippen molar-refractivity contribution in [1.82, 2.24) is 15.1 Å². The minimum Gasteiger partial charge on any atom is -0.469 e. The zero-order valence-electron chi connectivity index (χ0n) is 16.8. The van der Waals surface area contributed by atoms with E-state index in [1.54, 1.807) is 7.05 Å². The number of carbonyl (C=O) groups excluding carboxylic acids is 2. The van der Waals surface area contributed by atoms with Crippen LogP contribution in [0.1, 0.15) is 36.8 Å². The molecule has 3 rings (SSSR count). The summed E-state index contributed by atoms with van der Waals surface area (Å²) >= 11 is 0. The molecule has 1 saturated heterocycles. The zero-order valence-corrected chi connectivity index (χ0v) is 16.8. The normalized spacial score (nSPS) is 17.4. The van der Waals surface area contributed by atoms with Crippen molar-refractivity contribution < 1.29 is 14.3 Å². The van der Waals surface area contributed by atoms with Gasteiger partial charge in [-0.25, -0.2) is 0 Å². The average Bonchev–Trinajstić information content (AvgIpc) is 3.18. The highest BCUT2D eigenvalue weighted by atomic mass is 16.5. The molecule has 7 nitrogen and oxygen atoms in total. The number of piperidine rings is 1. The van der Waals surface area contributed by atoms with Crippen LogP contribution < -0.4 is 5.32 Å². The second kappa shape index (κ2) is 9.57. The van der Waals surface area contributed by atoms with Crippen LogP contribution in [0.15, 0.2) is 29.3 Å². The summed E-state index contributed by atoms with van der Waals surface area (Å²) in [6, 6.07) is 8.24. The van der Waals surface area contributed by atoms with Crippen LogP contribution in [0, 0.1) is 5.92 Å². The molecule has 1 N–H and O–H groups in total. The fourth-order valence-electron chi connectivity index (χ4n) is 3.93. The summed E-state index contributed by atoms with van der Waals surface area (Å²) < 4.78 is 4.84. The number of guanidine groups is 1. The van der Waals surface area contributed by atoms with E-state index in [0.29, 0.717) is 13.0 Å². The number of fused-ring (bicyclic) bond motifs is 1. The van der Waals surface area contributed by atoms with Crippen molar-refractivity contribution >= 4 is 17.8 Å². The molecule has 1 amide bonds. The third-order valence-corrected chi connectivity index (χ3v) is 5.58. The quantitative estimate of drug-likeness (QED) is 0.361. The number of benzene rings is 1. The van der Waals surface area contributed by atoms with Crippen molar-refractivity contribution in [3.8, 4) is 0 Å². The van der Waals surface area contributed by atoms with Crippen LogP contribution in [-0.2, 0) is 27.4 Å². The van der Waals surface area contributed by atoms with Gasteiger partial charge in [-0.1, -0.05) is 24.3 Å². The third kappa shape index (κ3) is 4.82. The fraction of sp³-hybridized carbons (Fsp3) is 0.571. The van der Waals surface area contributed by atoms with Crippen molar-refractivity contribution in [1.29, 1.82) is 0 Å². The fourth-order valence-corrected chi connectivity index (χ4v) is 3.93. The minimum absolute atomic E-state index is 0.0124. The van der Waals surface area contributed by atoms with Crippen molar-refractivity contribution in [3.63, 3.8) is 0 Å². The van der Waals surface area contributed by atoms with E-state index in [2.05, 4.69) is 27.3 Å².